The third kappa shape index (κ3) is 1.99. The number of aromatic amines is 1. The summed E-state index contributed by atoms with van der Waals surface area (Å²) in [6.45, 7) is 2.47. The maximum atomic E-state index is 11.7. The second-order valence-corrected chi connectivity index (χ2v) is 3.75. The Morgan fingerprint density at radius 2 is 2.31 bits per heavy atom. The Kier molecular flexibility index (Phi) is 3.05. The van der Waals surface area contributed by atoms with Gasteiger partial charge in [-0.2, -0.15) is 0 Å². The van der Waals surface area contributed by atoms with Gasteiger partial charge in [0.05, 0.1) is 0 Å². The van der Waals surface area contributed by atoms with Crippen LogP contribution in [0.3, 0.4) is 0 Å². The number of rotatable bonds is 4. The molecule has 0 bridgehead atoms. The molecule has 0 radical (unpaired) electrons. The van der Waals surface area contributed by atoms with E-state index in [4.69, 9.17) is 4.74 Å². The summed E-state index contributed by atoms with van der Waals surface area (Å²) >= 11 is 0. The molecule has 1 N–H and O–H groups in total. The Bertz CT molecular complexity index is 542. The normalized spacial score (nSPS) is 11.1. The lowest BCUT2D eigenvalue weighted by Crippen LogP contribution is -2.13. The molecule has 2 aromatic rings. The summed E-state index contributed by atoms with van der Waals surface area (Å²) in [7, 11) is 1.60. The molecule has 0 aliphatic rings. The van der Waals surface area contributed by atoms with E-state index in [9.17, 15) is 4.79 Å². The molecule has 2 heterocycles. The highest BCUT2D eigenvalue weighted by Gasteiger charge is 2.05. The molecular weight excluding hydrogens is 206 g/mol. The van der Waals surface area contributed by atoms with Crippen LogP contribution in [0.4, 0.5) is 0 Å². The minimum absolute atomic E-state index is 0.0733. The minimum atomic E-state index is -0.0733. The summed E-state index contributed by atoms with van der Waals surface area (Å²) in [5, 5.41) is 2.90. The van der Waals surface area contributed by atoms with E-state index < -0.39 is 0 Å². The van der Waals surface area contributed by atoms with Crippen molar-refractivity contribution in [1.82, 2.24) is 14.6 Å². The van der Waals surface area contributed by atoms with Crippen molar-refractivity contribution < 1.29 is 4.74 Å². The molecule has 0 fully saturated rings. The molecule has 0 amide bonds. The van der Waals surface area contributed by atoms with Crippen LogP contribution in [0.5, 0.6) is 0 Å². The topological polar surface area (TPSA) is 59.4 Å². The molecule has 0 aliphatic carbocycles. The van der Waals surface area contributed by atoms with Crippen molar-refractivity contribution >= 4 is 5.65 Å². The standard InChI is InChI=1S/C11H15N3O2/c1-3-4-8-5-10-12-9(7-16-2)13-14(10)11(15)6-8/h5-6H,3-4,7H2,1-2H3,(H,12,13). The van der Waals surface area contributed by atoms with E-state index in [2.05, 4.69) is 17.0 Å². The second-order valence-electron chi connectivity index (χ2n) is 3.75. The van der Waals surface area contributed by atoms with Crippen molar-refractivity contribution in [3.05, 3.63) is 33.9 Å². The fourth-order valence-corrected chi connectivity index (χ4v) is 1.73. The Morgan fingerprint density at radius 1 is 1.50 bits per heavy atom. The molecule has 2 rings (SSSR count). The molecule has 0 saturated heterocycles. The molecule has 0 aliphatic heterocycles. The first kappa shape index (κ1) is 10.9. The van der Waals surface area contributed by atoms with Crippen LogP contribution in [0, 0.1) is 0 Å². The maximum absolute atomic E-state index is 11.7. The highest BCUT2D eigenvalue weighted by Crippen LogP contribution is 2.05. The molecule has 5 nitrogen and oxygen atoms in total. The van der Waals surface area contributed by atoms with Gasteiger partial charge in [-0.15, -0.1) is 0 Å². The van der Waals surface area contributed by atoms with Crippen LogP contribution in [0.2, 0.25) is 0 Å². The van der Waals surface area contributed by atoms with Gasteiger partial charge in [-0.05, 0) is 18.1 Å². The summed E-state index contributed by atoms with van der Waals surface area (Å²) in [6.07, 6.45) is 1.92. The largest absolute Gasteiger partial charge is 0.377 e. The molecule has 0 aromatic carbocycles. The number of fused-ring (bicyclic) bond motifs is 1. The zero-order valence-electron chi connectivity index (χ0n) is 9.49. The third-order valence-electron chi connectivity index (χ3n) is 2.38. The van der Waals surface area contributed by atoms with Gasteiger partial charge < -0.3 is 4.74 Å². The Balaban J connectivity index is 2.50. The van der Waals surface area contributed by atoms with Gasteiger partial charge in [0.15, 0.2) is 5.65 Å². The van der Waals surface area contributed by atoms with Gasteiger partial charge in [0.1, 0.15) is 12.4 Å². The first-order valence-corrected chi connectivity index (χ1v) is 5.34. The van der Waals surface area contributed by atoms with Crippen molar-refractivity contribution in [2.45, 2.75) is 26.4 Å². The van der Waals surface area contributed by atoms with Crippen LogP contribution >= 0.6 is 0 Å². The lowest BCUT2D eigenvalue weighted by atomic mass is 10.1. The molecule has 0 saturated carbocycles. The Labute approximate surface area is 93.1 Å². The number of methoxy groups -OCH3 is 1. The van der Waals surface area contributed by atoms with Crippen molar-refractivity contribution in [3.8, 4) is 0 Å². The van der Waals surface area contributed by atoms with Crippen molar-refractivity contribution in [3.63, 3.8) is 0 Å². The van der Waals surface area contributed by atoms with Crippen LogP contribution in [-0.2, 0) is 17.8 Å². The molecule has 86 valence electrons. The van der Waals surface area contributed by atoms with Gasteiger partial charge in [-0.3, -0.25) is 9.89 Å². The zero-order valence-corrected chi connectivity index (χ0v) is 9.49. The van der Waals surface area contributed by atoms with Crippen molar-refractivity contribution in [2.24, 2.45) is 0 Å². The quantitative estimate of drug-likeness (QED) is 0.841. The molecule has 0 unspecified atom stereocenters. The first-order valence-electron chi connectivity index (χ1n) is 5.34. The summed E-state index contributed by atoms with van der Waals surface area (Å²) in [5.41, 5.74) is 1.61. The van der Waals surface area contributed by atoms with Crippen molar-refractivity contribution in [2.75, 3.05) is 7.11 Å². The molecule has 2 aromatic heterocycles. The first-order chi connectivity index (χ1) is 7.74. The van der Waals surface area contributed by atoms with E-state index in [0.29, 0.717) is 18.1 Å². The van der Waals surface area contributed by atoms with Crippen LogP contribution < -0.4 is 5.56 Å². The molecular formula is C11H15N3O2. The van der Waals surface area contributed by atoms with E-state index >= 15 is 0 Å². The van der Waals surface area contributed by atoms with E-state index in [0.717, 1.165) is 18.4 Å². The SMILES string of the molecule is CCCc1cc(=O)n2[nH]c(COC)nc2c1. The van der Waals surface area contributed by atoms with E-state index in [-0.39, 0.29) is 5.56 Å². The number of hydrogen-bond donors (Lipinski definition) is 1. The number of pyridine rings is 1. The number of aryl methyl sites for hydroxylation is 1. The number of ether oxygens (including phenoxy) is 1. The maximum Gasteiger partial charge on any atom is 0.271 e. The Hall–Kier alpha value is -1.62. The highest BCUT2D eigenvalue weighted by atomic mass is 16.5. The summed E-state index contributed by atoms with van der Waals surface area (Å²) < 4.78 is 6.40. The van der Waals surface area contributed by atoms with E-state index in [1.165, 1.54) is 4.52 Å². The second kappa shape index (κ2) is 4.49. The predicted molar refractivity (Wildman–Crippen MR) is 60.5 cm³/mol. The van der Waals surface area contributed by atoms with E-state index in [1.54, 1.807) is 13.2 Å². The van der Waals surface area contributed by atoms with Crippen LogP contribution in [0.15, 0.2) is 16.9 Å². The number of nitrogens with zero attached hydrogens (tertiary/aromatic N) is 2. The van der Waals surface area contributed by atoms with Gasteiger partial charge >= 0.3 is 0 Å². The predicted octanol–water partition coefficient (Wildman–Crippen LogP) is 1.12. The number of hydrogen-bond acceptors (Lipinski definition) is 3. The lowest BCUT2D eigenvalue weighted by molar-refractivity contribution is 0.178. The highest BCUT2D eigenvalue weighted by molar-refractivity contribution is 5.40. The fourth-order valence-electron chi connectivity index (χ4n) is 1.73. The van der Waals surface area contributed by atoms with Crippen LogP contribution in [-0.4, -0.2) is 21.7 Å². The van der Waals surface area contributed by atoms with Gasteiger partial charge in [0.25, 0.3) is 5.56 Å². The summed E-state index contributed by atoms with van der Waals surface area (Å²) in [6, 6.07) is 3.58. The zero-order chi connectivity index (χ0) is 11.5. The smallest absolute Gasteiger partial charge is 0.271 e. The van der Waals surface area contributed by atoms with Crippen LogP contribution in [0.25, 0.3) is 5.65 Å². The summed E-state index contributed by atoms with van der Waals surface area (Å²) in [4.78, 5) is 16.0. The lowest BCUT2D eigenvalue weighted by Gasteiger charge is -1.97. The average molecular weight is 221 g/mol. The van der Waals surface area contributed by atoms with Gasteiger partial charge in [-0.25, -0.2) is 9.50 Å². The van der Waals surface area contributed by atoms with Gasteiger partial charge in [-0.1, -0.05) is 13.3 Å². The molecule has 16 heavy (non-hydrogen) atoms. The minimum Gasteiger partial charge on any atom is -0.377 e. The van der Waals surface area contributed by atoms with Crippen molar-refractivity contribution in [1.29, 1.82) is 0 Å². The third-order valence-corrected chi connectivity index (χ3v) is 2.38. The van der Waals surface area contributed by atoms with Crippen LogP contribution in [0.1, 0.15) is 24.7 Å². The van der Waals surface area contributed by atoms with Gasteiger partial charge in [0.2, 0.25) is 0 Å². The fraction of sp³-hybridized carbons (Fsp3) is 0.455. The average Bonchev–Trinajstić information content (AvgIpc) is 2.62. The molecule has 0 spiro atoms. The Morgan fingerprint density at radius 3 is 3.00 bits per heavy atom. The van der Waals surface area contributed by atoms with Gasteiger partial charge in [0, 0.05) is 13.2 Å². The van der Waals surface area contributed by atoms with E-state index in [1.807, 2.05) is 6.07 Å². The summed E-state index contributed by atoms with van der Waals surface area (Å²) in [5.74, 6) is 0.660. The monoisotopic (exact) mass is 221 g/mol. The number of H-pyrrole nitrogens is 1. The number of nitrogens with one attached hydrogen (secondary N) is 1. The molecule has 0 atom stereocenters. The molecule has 5 heteroatoms. The number of aromatic nitrogens is 3.